The first kappa shape index (κ1) is 13.2. The molecular weight excluding hydrogens is 224 g/mol. The average molecular weight is 248 g/mol. The van der Waals surface area contributed by atoms with Crippen LogP contribution in [0.1, 0.15) is 32.1 Å². The number of nitrogen functional groups attached to an aromatic ring is 1. The molecule has 0 bridgehead atoms. The maximum Gasteiger partial charge on any atom is 0.119 e. The normalized spacial score (nSPS) is 16.3. The minimum Gasteiger partial charge on any atom is -0.494 e. The van der Waals surface area contributed by atoms with Crippen molar-refractivity contribution in [3.05, 3.63) is 24.3 Å². The highest BCUT2D eigenvalue weighted by molar-refractivity contribution is 5.41. The first-order valence-corrected chi connectivity index (χ1v) is 6.94. The second kappa shape index (κ2) is 6.64. The fourth-order valence-corrected chi connectivity index (χ4v) is 2.60. The molecule has 1 fully saturated rings. The molecule has 100 valence electrons. The Morgan fingerprint density at radius 3 is 2.56 bits per heavy atom. The Kier molecular flexibility index (Phi) is 4.88. The number of nitrogens with two attached hydrogens (primary N) is 1. The van der Waals surface area contributed by atoms with Crippen LogP contribution in [0.5, 0.6) is 5.75 Å². The Balaban J connectivity index is 1.62. The van der Waals surface area contributed by atoms with Crippen LogP contribution >= 0.6 is 0 Å². The maximum atomic E-state index is 5.69. The van der Waals surface area contributed by atoms with Gasteiger partial charge in [-0.05, 0) is 50.6 Å². The zero-order valence-corrected chi connectivity index (χ0v) is 11.3. The Hall–Kier alpha value is -1.22. The van der Waals surface area contributed by atoms with Gasteiger partial charge in [0.05, 0.1) is 6.61 Å². The van der Waals surface area contributed by atoms with E-state index in [0.717, 1.165) is 37.1 Å². The van der Waals surface area contributed by atoms with E-state index < -0.39 is 0 Å². The lowest BCUT2D eigenvalue weighted by molar-refractivity contribution is 0.216. The summed E-state index contributed by atoms with van der Waals surface area (Å²) in [7, 11) is 2.24. The molecule has 0 atom stereocenters. The van der Waals surface area contributed by atoms with Crippen LogP contribution in [0, 0.1) is 0 Å². The van der Waals surface area contributed by atoms with Crippen LogP contribution in [0.25, 0.3) is 0 Å². The summed E-state index contributed by atoms with van der Waals surface area (Å²) >= 11 is 0. The molecule has 1 aromatic carbocycles. The van der Waals surface area contributed by atoms with E-state index in [1.54, 1.807) is 0 Å². The van der Waals surface area contributed by atoms with Crippen molar-refractivity contribution in [2.75, 3.05) is 25.9 Å². The Morgan fingerprint density at radius 1 is 1.22 bits per heavy atom. The van der Waals surface area contributed by atoms with Crippen molar-refractivity contribution in [1.29, 1.82) is 0 Å². The lowest BCUT2D eigenvalue weighted by Gasteiger charge is -2.23. The fourth-order valence-electron chi connectivity index (χ4n) is 2.60. The summed E-state index contributed by atoms with van der Waals surface area (Å²) in [6.07, 6.45) is 6.62. The number of ether oxygens (including phenoxy) is 1. The summed E-state index contributed by atoms with van der Waals surface area (Å²) in [5, 5.41) is 0. The van der Waals surface area contributed by atoms with Crippen LogP contribution < -0.4 is 10.5 Å². The summed E-state index contributed by atoms with van der Waals surface area (Å²) in [4.78, 5) is 2.49. The van der Waals surface area contributed by atoms with Gasteiger partial charge in [-0.15, -0.1) is 0 Å². The summed E-state index contributed by atoms with van der Waals surface area (Å²) < 4.78 is 5.69. The van der Waals surface area contributed by atoms with Gasteiger partial charge in [0.15, 0.2) is 0 Å². The van der Waals surface area contributed by atoms with Gasteiger partial charge >= 0.3 is 0 Å². The highest BCUT2D eigenvalue weighted by Crippen LogP contribution is 2.22. The minimum absolute atomic E-state index is 0.779. The van der Waals surface area contributed by atoms with Crippen LogP contribution in [0.3, 0.4) is 0 Å². The molecular formula is C15H24N2O. The van der Waals surface area contributed by atoms with Gasteiger partial charge in [-0.3, -0.25) is 0 Å². The smallest absolute Gasteiger partial charge is 0.119 e. The third kappa shape index (κ3) is 3.91. The molecule has 3 heteroatoms. The van der Waals surface area contributed by atoms with E-state index in [2.05, 4.69) is 11.9 Å². The van der Waals surface area contributed by atoms with Gasteiger partial charge in [0, 0.05) is 18.3 Å². The molecule has 0 unspecified atom stereocenters. The van der Waals surface area contributed by atoms with Gasteiger partial charge in [0.2, 0.25) is 0 Å². The summed E-state index contributed by atoms with van der Waals surface area (Å²) in [5.74, 6) is 0.910. The van der Waals surface area contributed by atoms with Gasteiger partial charge in [-0.1, -0.05) is 12.8 Å². The van der Waals surface area contributed by atoms with Crippen molar-refractivity contribution in [2.45, 2.75) is 38.1 Å². The number of hydrogen-bond donors (Lipinski definition) is 1. The van der Waals surface area contributed by atoms with Gasteiger partial charge < -0.3 is 15.4 Å². The number of benzene rings is 1. The third-order valence-electron chi connectivity index (χ3n) is 3.75. The van der Waals surface area contributed by atoms with Gasteiger partial charge in [-0.25, -0.2) is 0 Å². The molecule has 3 nitrogen and oxygen atoms in total. The summed E-state index contributed by atoms with van der Waals surface area (Å²) in [6.45, 7) is 1.90. The lowest BCUT2D eigenvalue weighted by Crippen LogP contribution is -2.30. The quantitative estimate of drug-likeness (QED) is 0.621. The first-order chi connectivity index (χ1) is 8.75. The van der Waals surface area contributed by atoms with E-state index >= 15 is 0 Å². The minimum atomic E-state index is 0.779. The fraction of sp³-hybridized carbons (Fsp3) is 0.600. The van der Waals surface area contributed by atoms with E-state index in [0.29, 0.717) is 0 Å². The highest BCUT2D eigenvalue weighted by atomic mass is 16.5. The highest BCUT2D eigenvalue weighted by Gasteiger charge is 2.18. The molecule has 2 rings (SSSR count). The first-order valence-electron chi connectivity index (χ1n) is 6.94. The van der Waals surface area contributed by atoms with Crippen LogP contribution in [0.15, 0.2) is 24.3 Å². The molecule has 0 heterocycles. The molecule has 0 aliphatic heterocycles. The third-order valence-corrected chi connectivity index (χ3v) is 3.75. The van der Waals surface area contributed by atoms with E-state index in [4.69, 9.17) is 10.5 Å². The van der Waals surface area contributed by atoms with E-state index in [-0.39, 0.29) is 0 Å². The zero-order chi connectivity index (χ0) is 12.8. The zero-order valence-electron chi connectivity index (χ0n) is 11.3. The molecule has 0 aromatic heterocycles. The van der Waals surface area contributed by atoms with Crippen molar-refractivity contribution in [1.82, 2.24) is 4.90 Å². The molecule has 1 aliphatic rings. The predicted molar refractivity (Wildman–Crippen MR) is 75.9 cm³/mol. The lowest BCUT2D eigenvalue weighted by atomic mass is 10.2. The van der Waals surface area contributed by atoms with Crippen LogP contribution in [-0.2, 0) is 0 Å². The molecule has 0 spiro atoms. The molecule has 0 radical (unpaired) electrons. The van der Waals surface area contributed by atoms with Crippen molar-refractivity contribution >= 4 is 5.69 Å². The van der Waals surface area contributed by atoms with Gasteiger partial charge in [0.25, 0.3) is 0 Å². The number of nitrogens with zero attached hydrogens (tertiary/aromatic N) is 1. The second-order valence-corrected chi connectivity index (χ2v) is 5.19. The maximum absolute atomic E-state index is 5.69. The van der Waals surface area contributed by atoms with Crippen LogP contribution in [-0.4, -0.2) is 31.1 Å². The topological polar surface area (TPSA) is 38.5 Å². The standard InChI is InChI=1S/C15H24N2O/c1-17(14-5-2-3-6-14)11-4-12-18-15-9-7-13(16)8-10-15/h7-10,14H,2-6,11-12,16H2,1H3. The number of hydrogen-bond acceptors (Lipinski definition) is 3. The van der Waals surface area contributed by atoms with E-state index in [9.17, 15) is 0 Å². The molecule has 0 amide bonds. The Morgan fingerprint density at radius 2 is 1.89 bits per heavy atom. The Bertz CT molecular complexity index is 344. The average Bonchev–Trinajstić information content (AvgIpc) is 2.90. The largest absolute Gasteiger partial charge is 0.494 e. The van der Waals surface area contributed by atoms with E-state index in [1.165, 1.54) is 25.7 Å². The van der Waals surface area contributed by atoms with Gasteiger partial charge in [0.1, 0.15) is 5.75 Å². The van der Waals surface area contributed by atoms with Crippen LogP contribution in [0.2, 0.25) is 0 Å². The molecule has 1 aromatic rings. The van der Waals surface area contributed by atoms with Gasteiger partial charge in [-0.2, -0.15) is 0 Å². The second-order valence-electron chi connectivity index (χ2n) is 5.19. The molecule has 18 heavy (non-hydrogen) atoms. The van der Waals surface area contributed by atoms with Crippen molar-refractivity contribution in [2.24, 2.45) is 0 Å². The number of anilines is 1. The van der Waals surface area contributed by atoms with E-state index in [1.807, 2.05) is 24.3 Å². The summed E-state index contributed by atoms with van der Waals surface area (Å²) in [6, 6.07) is 8.41. The van der Waals surface area contributed by atoms with Crippen molar-refractivity contribution in [3.63, 3.8) is 0 Å². The molecule has 0 saturated heterocycles. The van der Waals surface area contributed by atoms with Crippen LogP contribution in [0.4, 0.5) is 5.69 Å². The van der Waals surface area contributed by atoms with Crippen molar-refractivity contribution in [3.8, 4) is 5.75 Å². The SMILES string of the molecule is CN(CCCOc1ccc(N)cc1)C1CCCC1. The monoisotopic (exact) mass is 248 g/mol. The molecule has 1 aliphatic carbocycles. The summed E-state index contributed by atoms with van der Waals surface area (Å²) in [5.41, 5.74) is 6.41. The Labute approximate surface area is 110 Å². The van der Waals surface area contributed by atoms with Crippen molar-refractivity contribution < 1.29 is 4.74 Å². The molecule has 2 N–H and O–H groups in total. The number of rotatable bonds is 6. The predicted octanol–water partition coefficient (Wildman–Crippen LogP) is 2.91. The molecule has 1 saturated carbocycles.